The van der Waals surface area contributed by atoms with Crippen molar-refractivity contribution in [2.24, 2.45) is 0 Å². The standard InChI is InChI=1S/C15H20O4/c1-3-5-12-6-8-13(9-7-12)18-11-10-15(17)19-14(16)4-2/h4,6-9,15,17H,2-3,5,10-11H2,1H3. The van der Waals surface area contributed by atoms with Gasteiger partial charge >= 0.3 is 5.97 Å². The van der Waals surface area contributed by atoms with Gasteiger partial charge in [-0.3, -0.25) is 0 Å². The van der Waals surface area contributed by atoms with E-state index in [-0.39, 0.29) is 13.0 Å². The summed E-state index contributed by atoms with van der Waals surface area (Å²) in [4.78, 5) is 10.8. The fourth-order valence-electron chi connectivity index (χ4n) is 1.56. The molecule has 1 N–H and O–H groups in total. The number of aliphatic hydroxyl groups excluding tert-OH is 1. The number of carbonyl (C=O) groups is 1. The third-order valence-corrected chi connectivity index (χ3v) is 2.51. The zero-order chi connectivity index (χ0) is 14.1. The lowest BCUT2D eigenvalue weighted by atomic mass is 10.1. The van der Waals surface area contributed by atoms with Gasteiger partial charge in [-0.1, -0.05) is 32.1 Å². The Bertz CT molecular complexity index is 397. The molecule has 0 spiro atoms. The van der Waals surface area contributed by atoms with Crippen molar-refractivity contribution >= 4 is 5.97 Å². The van der Waals surface area contributed by atoms with Gasteiger partial charge in [0.1, 0.15) is 5.75 Å². The molecule has 1 aromatic carbocycles. The van der Waals surface area contributed by atoms with Crippen molar-refractivity contribution in [3.63, 3.8) is 0 Å². The van der Waals surface area contributed by atoms with Crippen molar-refractivity contribution in [3.05, 3.63) is 42.5 Å². The van der Waals surface area contributed by atoms with Crippen LogP contribution >= 0.6 is 0 Å². The maximum Gasteiger partial charge on any atom is 0.332 e. The summed E-state index contributed by atoms with van der Waals surface area (Å²) in [5, 5.41) is 9.37. The number of carbonyl (C=O) groups excluding carboxylic acids is 1. The number of hydrogen-bond donors (Lipinski definition) is 1. The summed E-state index contributed by atoms with van der Waals surface area (Å²) >= 11 is 0. The van der Waals surface area contributed by atoms with Gasteiger partial charge in [-0.2, -0.15) is 0 Å². The summed E-state index contributed by atoms with van der Waals surface area (Å²) < 4.78 is 10.1. The third kappa shape index (κ3) is 6.06. The highest BCUT2D eigenvalue weighted by Crippen LogP contribution is 2.13. The van der Waals surface area contributed by atoms with E-state index in [9.17, 15) is 9.90 Å². The van der Waals surface area contributed by atoms with Crippen molar-refractivity contribution in [3.8, 4) is 5.75 Å². The van der Waals surface area contributed by atoms with E-state index in [1.165, 1.54) is 5.56 Å². The Labute approximate surface area is 113 Å². The molecular weight excluding hydrogens is 244 g/mol. The molecule has 0 bridgehead atoms. The minimum absolute atomic E-state index is 0.219. The summed E-state index contributed by atoms with van der Waals surface area (Å²) in [6.45, 7) is 5.66. The van der Waals surface area contributed by atoms with Crippen molar-refractivity contribution in [1.82, 2.24) is 0 Å². The fourth-order valence-corrected chi connectivity index (χ4v) is 1.56. The van der Waals surface area contributed by atoms with Crippen LogP contribution in [-0.2, 0) is 16.0 Å². The van der Waals surface area contributed by atoms with Gasteiger partial charge in [0.25, 0.3) is 0 Å². The highest BCUT2D eigenvalue weighted by atomic mass is 16.6. The molecule has 19 heavy (non-hydrogen) atoms. The summed E-state index contributed by atoms with van der Waals surface area (Å²) in [6.07, 6.45) is 2.23. The van der Waals surface area contributed by atoms with Gasteiger partial charge in [-0.25, -0.2) is 4.79 Å². The van der Waals surface area contributed by atoms with E-state index < -0.39 is 12.3 Å². The van der Waals surface area contributed by atoms with Crippen LogP contribution < -0.4 is 4.74 Å². The first kappa shape index (κ1) is 15.2. The van der Waals surface area contributed by atoms with Crippen LogP contribution in [0.3, 0.4) is 0 Å². The zero-order valence-corrected chi connectivity index (χ0v) is 11.2. The second-order valence-electron chi connectivity index (χ2n) is 4.13. The Hall–Kier alpha value is -1.81. The maximum atomic E-state index is 10.8. The Morgan fingerprint density at radius 2 is 2.11 bits per heavy atom. The van der Waals surface area contributed by atoms with Gasteiger partial charge in [-0.05, 0) is 24.1 Å². The van der Waals surface area contributed by atoms with Crippen LogP contribution in [0.5, 0.6) is 5.75 Å². The third-order valence-electron chi connectivity index (χ3n) is 2.51. The molecule has 0 fully saturated rings. The van der Waals surface area contributed by atoms with Crippen LogP contribution in [0.4, 0.5) is 0 Å². The van der Waals surface area contributed by atoms with Crippen molar-refractivity contribution in [1.29, 1.82) is 0 Å². The first-order chi connectivity index (χ1) is 9.15. The second kappa shape index (κ2) is 8.32. The molecule has 1 unspecified atom stereocenters. The Morgan fingerprint density at radius 1 is 1.42 bits per heavy atom. The van der Waals surface area contributed by atoms with Crippen LogP contribution in [0.1, 0.15) is 25.3 Å². The average molecular weight is 264 g/mol. The van der Waals surface area contributed by atoms with Gasteiger partial charge in [0.2, 0.25) is 6.29 Å². The van der Waals surface area contributed by atoms with Crippen LogP contribution in [0.15, 0.2) is 36.9 Å². The molecule has 104 valence electrons. The molecular formula is C15H20O4. The lowest BCUT2D eigenvalue weighted by Gasteiger charge is -2.11. The highest BCUT2D eigenvalue weighted by molar-refractivity contribution is 5.81. The van der Waals surface area contributed by atoms with Crippen LogP contribution in [0.2, 0.25) is 0 Å². The van der Waals surface area contributed by atoms with E-state index in [0.29, 0.717) is 0 Å². The molecule has 1 rings (SSSR count). The van der Waals surface area contributed by atoms with Crippen molar-refractivity contribution in [2.75, 3.05) is 6.61 Å². The van der Waals surface area contributed by atoms with Crippen LogP contribution in [-0.4, -0.2) is 24.0 Å². The molecule has 0 aliphatic heterocycles. The molecule has 0 aliphatic carbocycles. The number of aryl methyl sites for hydroxylation is 1. The first-order valence-corrected chi connectivity index (χ1v) is 6.38. The molecule has 0 saturated carbocycles. The van der Waals surface area contributed by atoms with Gasteiger partial charge in [-0.15, -0.1) is 0 Å². The van der Waals surface area contributed by atoms with E-state index in [4.69, 9.17) is 4.74 Å². The largest absolute Gasteiger partial charge is 0.493 e. The number of rotatable bonds is 8. The normalized spacial score (nSPS) is 11.7. The number of ether oxygens (including phenoxy) is 2. The smallest absolute Gasteiger partial charge is 0.332 e. The van der Waals surface area contributed by atoms with Gasteiger partial charge in [0, 0.05) is 12.5 Å². The van der Waals surface area contributed by atoms with E-state index in [2.05, 4.69) is 18.2 Å². The average Bonchev–Trinajstić information content (AvgIpc) is 2.41. The first-order valence-electron chi connectivity index (χ1n) is 6.38. The SMILES string of the molecule is C=CC(=O)OC(O)CCOc1ccc(CCC)cc1. The molecule has 4 heteroatoms. The Balaban J connectivity index is 2.28. The maximum absolute atomic E-state index is 10.8. The van der Waals surface area contributed by atoms with E-state index in [1.54, 1.807) is 0 Å². The van der Waals surface area contributed by atoms with Gasteiger partial charge in [0.15, 0.2) is 0 Å². The lowest BCUT2D eigenvalue weighted by molar-refractivity contribution is -0.163. The predicted octanol–water partition coefficient (Wildman–Crippen LogP) is 2.46. The molecule has 0 saturated heterocycles. The number of aliphatic hydroxyl groups is 1. The predicted molar refractivity (Wildman–Crippen MR) is 72.8 cm³/mol. The zero-order valence-electron chi connectivity index (χ0n) is 11.2. The second-order valence-corrected chi connectivity index (χ2v) is 4.13. The lowest BCUT2D eigenvalue weighted by Crippen LogP contribution is -2.18. The minimum atomic E-state index is -1.16. The van der Waals surface area contributed by atoms with Crippen molar-refractivity contribution < 1.29 is 19.4 Å². The topological polar surface area (TPSA) is 55.8 Å². The van der Waals surface area contributed by atoms with Gasteiger partial charge in [0.05, 0.1) is 6.61 Å². The fraction of sp³-hybridized carbons (Fsp3) is 0.400. The van der Waals surface area contributed by atoms with Crippen molar-refractivity contribution in [2.45, 2.75) is 32.5 Å². The van der Waals surface area contributed by atoms with E-state index in [1.807, 2.05) is 24.3 Å². The molecule has 1 aromatic rings. The Morgan fingerprint density at radius 3 is 2.68 bits per heavy atom. The number of hydrogen-bond acceptors (Lipinski definition) is 4. The van der Waals surface area contributed by atoms with Crippen LogP contribution in [0.25, 0.3) is 0 Å². The molecule has 4 nitrogen and oxygen atoms in total. The van der Waals surface area contributed by atoms with E-state index >= 15 is 0 Å². The Kier molecular flexibility index (Phi) is 6.68. The van der Waals surface area contributed by atoms with Crippen LogP contribution in [0, 0.1) is 0 Å². The monoisotopic (exact) mass is 264 g/mol. The number of benzene rings is 1. The summed E-state index contributed by atoms with van der Waals surface area (Å²) in [6, 6.07) is 7.83. The molecule has 0 aromatic heterocycles. The molecule has 0 radical (unpaired) electrons. The summed E-state index contributed by atoms with van der Waals surface area (Å²) in [5.41, 5.74) is 1.27. The molecule has 0 amide bonds. The molecule has 0 aliphatic rings. The quantitative estimate of drug-likeness (QED) is 0.445. The summed E-state index contributed by atoms with van der Waals surface area (Å²) in [7, 11) is 0. The summed E-state index contributed by atoms with van der Waals surface area (Å²) in [5.74, 6) is 0.0959. The molecule has 0 heterocycles. The molecule has 1 atom stereocenters. The van der Waals surface area contributed by atoms with Gasteiger partial charge < -0.3 is 14.6 Å². The number of esters is 1. The highest BCUT2D eigenvalue weighted by Gasteiger charge is 2.08. The minimum Gasteiger partial charge on any atom is -0.493 e. The van der Waals surface area contributed by atoms with E-state index in [0.717, 1.165) is 24.7 Å².